The minimum Gasteiger partial charge on any atom is -0.258 e. The second-order valence-electron chi connectivity index (χ2n) is 4.73. The molecule has 0 N–H and O–H groups in total. The zero-order chi connectivity index (χ0) is 11.7. The quantitative estimate of drug-likeness (QED) is 0.730. The van der Waals surface area contributed by atoms with Crippen LogP contribution in [0.25, 0.3) is 6.08 Å². The zero-order valence-corrected chi connectivity index (χ0v) is 10.5. The lowest BCUT2D eigenvalue weighted by Crippen LogP contribution is -2.38. The number of fused-ring (bicyclic) bond motifs is 2. The van der Waals surface area contributed by atoms with Gasteiger partial charge in [0.05, 0.1) is 10.5 Å². The fourth-order valence-electron chi connectivity index (χ4n) is 2.65. The number of hydrogen-bond acceptors (Lipinski definition) is 1. The van der Waals surface area contributed by atoms with E-state index in [1.807, 2.05) is 18.2 Å². The molecule has 2 bridgehead atoms. The summed E-state index contributed by atoms with van der Waals surface area (Å²) in [7, 11) is -0.713. The molecule has 1 aromatic carbocycles. The van der Waals surface area contributed by atoms with Gasteiger partial charge in [-0.3, -0.25) is 4.21 Å². The van der Waals surface area contributed by atoms with Crippen molar-refractivity contribution in [2.75, 3.05) is 0 Å². The summed E-state index contributed by atoms with van der Waals surface area (Å²) in [6, 6.07) is 10.2. The molecule has 1 saturated heterocycles. The van der Waals surface area contributed by atoms with E-state index in [9.17, 15) is 4.21 Å². The Morgan fingerprint density at radius 1 is 1.12 bits per heavy atom. The number of rotatable bonds is 2. The highest BCUT2D eigenvalue weighted by molar-refractivity contribution is 7.86. The Morgan fingerprint density at radius 2 is 1.94 bits per heavy atom. The van der Waals surface area contributed by atoms with Crippen LogP contribution in [0.15, 0.2) is 48.6 Å². The number of allylic oxidation sites excluding steroid dienone is 1. The van der Waals surface area contributed by atoms with Gasteiger partial charge in [-0.25, -0.2) is 0 Å². The predicted octanol–water partition coefficient (Wildman–Crippen LogP) is 3.17. The summed E-state index contributed by atoms with van der Waals surface area (Å²) in [4.78, 5) is 0. The van der Waals surface area contributed by atoms with Crippen LogP contribution in [0.5, 0.6) is 0 Å². The molecule has 1 fully saturated rings. The molecule has 1 unspecified atom stereocenters. The average molecular weight is 244 g/mol. The van der Waals surface area contributed by atoms with Crippen LogP contribution in [-0.2, 0) is 10.8 Å². The van der Waals surface area contributed by atoms with E-state index in [4.69, 9.17) is 0 Å². The van der Waals surface area contributed by atoms with Gasteiger partial charge in [-0.05, 0) is 24.3 Å². The van der Waals surface area contributed by atoms with Gasteiger partial charge in [-0.15, -0.1) is 0 Å². The van der Waals surface area contributed by atoms with E-state index in [-0.39, 0.29) is 5.25 Å². The summed E-state index contributed by atoms with van der Waals surface area (Å²) < 4.78 is 12.2. The number of benzene rings is 1. The Bertz CT molecular complexity index is 475. The molecule has 1 aliphatic carbocycles. The van der Waals surface area contributed by atoms with E-state index in [1.54, 1.807) is 0 Å². The highest BCUT2D eigenvalue weighted by Gasteiger charge is 2.36. The van der Waals surface area contributed by atoms with Crippen LogP contribution in [0.1, 0.15) is 18.4 Å². The van der Waals surface area contributed by atoms with Gasteiger partial charge in [0.1, 0.15) is 0 Å². The van der Waals surface area contributed by atoms with E-state index < -0.39 is 10.8 Å². The van der Waals surface area contributed by atoms with Gasteiger partial charge in [0.15, 0.2) is 0 Å². The van der Waals surface area contributed by atoms with E-state index in [1.165, 1.54) is 12.0 Å². The molecule has 0 saturated carbocycles. The minimum absolute atomic E-state index is 0.221. The van der Waals surface area contributed by atoms with E-state index in [0.717, 1.165) is 6.42 Å². The van der Waals surface area contributed by atoms with E-state index in [2.05, 4.69) is 36.4 Å². The molecule has 17 heavy (non-hydrogen) atoms. The molecule has 0 amide bonds. The maximum Gasteiger partial charge on any atom is 0.0599 e. The summed E-state index contributed by atoms with van der Waals surface area (Å²) in [6.07, 6.45) is 11.0. The maximum atomic E-state index is 12.2. The van der Waals surface area contributed by atoms with Crippen LogP contribution in [0, 0.1) is 5.92 Å². The third-order valence-corrected chi connectivity index (χ3v) is 5.66. The van der Waals surface area contributed by atoms with E-state index >= 15 is 0 Å². The predicted molar refractivity (Wildman–Crippen MR) is 73.1 cm³/mol. The Labute approximate surface area is 105 Å². The van der Waals surface area contributed by atoms with Crippen LogP contribution >= 0.6 is 0 Å². The minimum atomic E-state index is -0.713. The van der Waals surface area contributed by atoms with Gasteiger partial charge < -0.3 is 0 Å². The Kier molecular flexibility index (Phi) is 2.98. The lowest BCUT2D eigenvalue weighted by molar-refractivity contribution is 0.512. The SMILES string of the molecule is O=S1[C@@H]2C=C[C@@H](CC2)[C@@H]1/C=C/c1ccccc1. The normalized spacial score (nSPS) is 35.5. The van der Waals surface area contributed by atoms with Crippen molar-refractivity contribution in [3.8, 4) is 0 Å². The van der Waals surface area contributed by atoms with Gasteiger partial charge in [-0.1, -0.05) is 54.6 Å². The van der Waals surface area contributed by atoms with Crippen LogP contribution < -0.4 is 0 Å². The van der Waals surface area contributed by atoms with E-state index in [0.29, 0.717) is 11.2 Å². The van der Waals surface area contributed by atoms with Crippen molar-refractivity contribution >= 4 is 16.9 Å². The first-order valence-electron chi connectivity index (χ1n) is 6.15. The van der Waals surface area contributed by atoms with Gasteiger partial charge in [0.25, 0.3) is 0 Å². The fraction of sp³-hybridized carbons (Fsp3) is 0.333. The molecule has 2 heteroatoms. The summed E-state index contributed by atoms with van der Waals surface area (Å²) in [6.45, 7) is 0. The molecule has 88 valence electrons. The van der Waals surface area contributed by atoms with Crippen molar-refractivity contribution in [3.63, 3.8) is 0 Å². The molecule has 1 aromatic rings. The van der Waals surface area contributed by atoms with Gasteiger partial charge in [0.2, 0.25) is 0 Å². The molecule has 4 atom stereocenters. The van der Waals surface area contributed by atoms with Crippen LogP contribution in [0.4, 0.5) is 0 Å². The molecule has 2 aliphatic heterocycles. The van der Waals surface area contributed by atoms with Gasteiger partial charge >= 0.3 is 0 Å². The average Bonchev–Trinajstić information content (AvgIpc) is 2.40. The molecule has 2 heterocycles. The second kappa shape index (κ2) is 4.61. The monoisotopic (exact) mass is 244 g/mol. The smallest absolute Gasteiger partial charge is 0.0599 e. The highest BCUT2D eigenvalue weighted by atomic mass is 32.2. The molecular weight excluding hydrogens is 228 g/mol. The standard InChI is InChI=1S/C15H16OS/c16-17-14-9-7-13(8-10-14)15(17)11-6-12-4-2-1-3-5-12/h1-7,9,11,13-15H,8,10H2/b11-6+/t13-,14+,15-,17?/m0/s1. The fourth-order valence-corrected chi connectivity index (χ4v) is 4.47. The van der Waals surface area contributed by atoms with Crippen LogP contribution in [0.3, 0.4) is 0 Å². The first-order valence-corrected chi connectivity index (χ1v) is 7.43. The third kappa shape index (κ3) is 2.14. The first kappa shape index (κ1) is 11.0. The Hall–Kier alpha value is -1.15. The van der Waals surface area contributed by atoms with Crippen molar-refractivity contribution in [2.45, 2.75) is 23.3 Å². The largest absolute Gasteiger partial charge is 0.258 e. The molecule has 0 radical (unpaired) electrons. The Morgan fingerprint density at radius 3 is 2.59 bits per heavy atom. The molecule has 3 aliphatic rings. The van der Waals surface area contributed by atoms with Gasteiger partial charge in [-0.2, -0.15) is 0 Å². The lowest BCUT2D eigenvalue weighted by atomic mass is 9.91. The number of hydrogen-bond donors (Lipinski definition) is 0. The summed E-state index contributed by atoms with van der Waals surface area (Å²) in [5, 5.41) is 0.518. The van der Waals surface area contributed by atoms with Crippen molar-refractivity contribution in [1.82, 2.24) is 0 Å². The third-order valence-electron chi connectivity index (χ3n) is 3.62. The second-order valence-corrected chi connectivity index (χ2v) is 6.53. The van der Waals surface area contributed by atoms with Crippen LogP contribution in [0.2, 0.25) is 0 Å². The molecule has 1 nitrogen and oxygen atoms in total. The van der Waals surface area contributed by atoms with Crippen molar-refractivity contribution < 1.29 is 4.21 Å². The summed E-state index contributed by atoms with van der Waals surface area (Å²) in [5.74, 6) is 0.487. The van der Waals surface area contributed by atoms with Crippen LogP contribution in [-0.4, -0.2) is 14.7 Å². The molecule has 0 aromatic heterocycles. The van der Waals surface area contributed by atoms with Crippen molar-refractivity contribution in [1.29, 1.82) is 0 Å². The summed E-state index contributed by atoms with van der Waals surface area (Å²) in [5.41, 5.74) is 1.19. The summed E-state index contributed by atoms with van der Waals surface area (Å²) >= 11 is 0. The van der Waals surface area contributed by atoms with Crippen molar-refractivity contribution in [2.24, 2.45) is 5.92 Å². The molecule has 4 rings (SSSR count). The topological polar surface area (TPSA) is 17.1 Å². The lowest BCUT2D eigenvalue weighted by Gasteiger charge is -2.35. The molecular formula is C15H16OS. The zero-order valence-electron chi connectivity index (χ0n) is 9.66. The highest BCUT2D eigenvalue weighted by Crippen LogP contribution is 2.35. The maximum absolute atomic E-state index is 12.2. The Balaban J connectivity index is 1.80. The first-order chi connectivity index (χ1) is 8.34. The van der Waals surface area contributed by atoms with Crippen molar-refractivity contribution in [3.05, 3.63) is 54.1 Å². The van der Waals surface area contributed by atoms with Gasteiger partial charge in [0, 0.05) is 10.8 Å². The molecule has 0 spiro atoms.